The van der Waals surface area contributed by atoms with E-state index in [1.807, 2.05) is 26.2 Å². The molecule has 0 radical (unpaired) electrons. The molecule has 0 aliphatic carbocycles. The van der Waals surface area contributed by atoms with Gasteiger partial charge in [0.15, 0.2) is 0 Å². The largest absolute Gasteiger partial charge is 0.373 e. The molecular formula is C16H22N4. The molecule has 2 aromatic heterocycles. The number of hydrogen-bond acceptors (Lipinski definition) is 4. The zero-order valence-corrected chi connectivity index (χ0v) is 13.1. The Bertz CT molecular complexity index is 627. The molecule has 2 rings (SSSR count). The molecule has 0 amide bonds. The van der Waals surface area contributed by atoms with E-state index in [4.69, 9.17) is 4.98 Å². The minimum Gasteiger partial charge on any atom is -0.373 e. The summed E-state index contributed by atoms with van der Waals surface area (Å²) >= 11 is 0. The van der Waals surface area contributed by atoms with Gasteiger partial charge >= 0.3 is 0 Å². The molecule has 106 valence electrons. The summed E-state index contributed by atoms with van der Waals surface area (Å²) < 4.78 is 0. The first kappa shape index (κ1) is 14.4. The van der Waals surface area contributed by atoms with Crippen LogP contribution in [0.4, 0.5) is 5.82 Å². The maximum atomic E-state index is 4.80. The average Bonchev–Trinajstić information content (AvgIpc) is 2.38. The molecule has 0 fully saturated rings. The Morgan fingerprint density at radius 3 is 2.35 bits per heavy atom. The first-order valence-electron chi connectivity index (χ1n) is 6.82. The van der Waals surface area contributed by atoms with Crippen molar-refractivity contribution >= 4 is 5.82 Å². The Labute approximate surface area is 120 Å². The number of rotatable bonds is 2. The van der Waals surface area contributed by atoms with E-state index >= 15 is 0 Å². The lowest BCUT2D eigenvalue weighted by molar-refractivity contribution is 0.546. The fourth-order valence-corrected chi connectivity index (χ4v) is 2.10. The molecule has 2 aromatic rings. The summed E-state index contributed by atoms with van der Waals surface area (Å²) in [7, 11) is 1.89. The molecular weight excluding hydrogens is 248 g/mol. The van der Waals surface area contributed by atoms with Gasteiger partial charge in [-0.3, -0.25) is 4.98 Å². The third-order valence-corrected chi connectivity index (χ3v) is 3.33. The lowest BCUT2D eigenvalue weighted by Gasteiger charge is -2.21. The average molecular weight is 270 g/mol. The molecule has 0 atom stereocenters. The van der Waals surface area contributed by atoms with E-state index < -0.39 is 0 Å². The molecule has 0 bridgehead atoms. The van der Waals surface area contributed by atoms with Crippen LogP contribution in [0.15, 0.2) is 18.5 Å². The highest BCUT2D eigenvalue weighted by Gasteiger charge is 2.21. The summed E-state index contributed by atoms with van der Waals surface area (Å²) in [5.41, 5.74) is 4.19. The van der Waals surface area contributed by atoms with Crippen molar-refractivity contribution < 1.29 is 0 Å². The standard InChI is InChI=1S/C16H22N4/c1-10-9-18-8-7-12(10)13-11(2)14(17-6)20-15(19-13)16(3,4)5/h7-9H,1-6H3,(H,17,19,20). The SMILES string of the molecule is CNc1nc(C(C)(C)C)nc(-c2ccncc2C)c1C. The summed E-state index contributed by atoms with van der Waals surface area (Å²) in [5, 5.41) is 3.17. The molecule has 0 saturated heterocycles. The van der Waals surface area contributed by atoms with Gasteiger partial charge in [-0.15, -0.1) is 0 Å². The second-order valence-corrected chi connectivity index (χ2v) is 6.06. The Kier molecular flexibility index (Phi) is 3.75. The Morgan fingerprint density at radius 1 is 1.10 bits per heavy atom. The number of nitrogens with zero attached hydrogens (tertiary/aromatic N) is 3. The van der Waals surface area contributed by atoms with Crippen molar-refractivity contribution in [2.75, 3.05) is 12.4 Å². The first-order chi connectivity index (χ1) is 9.34. The minimum atomic E-state index is -0.0883. The van der Waals surface area contributed by atoms with Gasteiger partial charge in [-0.05, 0) is 25.5 Å². The fraction of sp³-hybridized carbons (Fsp3) is 0.438. The third-order valence-electron chi connectivity index (χ3n) is 3.33. The summed E-state index contributed by atoms with van der Waals surface area (Å²) in [6.45, 7) is 10.5. The van der Waals surface area contributed by atoms with Crippen molar-refractivity contribution in [3.63, 3.8) is 0 Å². The molecule has 0 aliphatic heterocycles. The van der Waals surface area contributed by atoms with E-state index in [1.54, 1.807) is 6.20 Å². The molecule has 20 heavy (non-hydrogen) atoms. The van der Waals surface area contributed by atoms with E-state index in [0.29, 0.717) is 0 Å². The molecule has 0 spiro atoms. The molecule has 1 N–H and O–H groups in total. The van der Waals surface area contributed by atoms with Gasteiger partial charge in [0.2, 0.25) is 0 Å². The third kappa shape index (κ3) is 2.64. The van der Waals surface area contributed by atoms with E-state index in [0.717, 1.165) is 34.0 Å². The number of nitrogens with one attached hydrogen (secondary N) is 1. The van der Waals surface area contributed by atoms with Crippen LogP contribution < -0.4 is 5.32 Å². The van der Waals surface area contributed by atoms with Gasteiger partial charge in [-0.1, -0.05) is 20.8 Å². The zero-order chi connectivity index (χ0) is 14.9. The minimum absolute atomic E-state index is 0.0883. The number of aromatic nitrogens is 3. The highest BCUT2D eigenvalue weighted by Crippen LogP contribution is 2.30. The van der Waals surface area contributed by atoms with Crippen LogP contribution in [0.5, 0.6) is 0 Å². The normalized spacial score (nSPS) is 11.5. The molecule has 0 aliphatic rings. The van der Waals surface area contributed by atoms with E-state index in [9.17, 15) is 0 Å². The Hall–Kier alpha value is -1.97. The maximum absolute atomic E-state index is 4.80. The lowest BCUT2D eigenvalue weighted by atomic mass is 9.94. The summed E-state index contributed by atoms with van der Waals surface area (Å²) in [6.07, 6.45) is 3.67. The highest BCUT2D eigenvalue weighted by atomic mass is 15.0. The van der Waals surface area contributed by atoms with Crippen molar-refractivity contribution in [1.29, 1.82) is 0 Å². The number of pyridine rings is 1. The van der Waals surface area contributed by atoms with Crippen LogP contribution in [0.25, 0.3) is 11.3 Å². The number of anilines is 1. The second kappa shape index (κ2) is 5.19. The molecule has 2 heterocycles. The van der Waals surface area contributed by atoms with Crippen LogP contribution in [-0.2, 0) is 5.41 Å². The smallest absolute Gasteiger partial charge is 0.136 e. The predicted octanol–water partition coefficient (Wildman–Crippen LogP) is 3.49. The van der Waals surface area contributed by atoms with Crippen LogP contribution in [0, 0.1) is 13.8 Å². The monoisotopic (exact) mass is 270 g/mol. The topological polar surface area (TPSA) is 50.7 Å². The van der Waals surface area contributed by atoms with Gasteiger partial charge < -0.3 is 5.32 Å². The Morgan fingerprint density at radius 2 is 1.80 bits per heavy atom. The van der Waals surface area contributed by atoms with Crippen molar-refractivity contribution in [2.24, 2.45) is 0 Å². The van der Waals surface area contributed by atoms with E-state index in [1.165, 1.54) is 0 Å². The van der Waals surface area contributed by atoms with Crippen LogP contribution in [0.1, 0.15) is 37.7 Å². The van der Waals surface area contributed by atoms with Crippen molar-refractivity contribution in [3.8, 4) is 11.3 Å². The van der Waals surface area contributed by atoms with Crippen LogP contribution in [0.3, 0.4) is 0 Å². The molecule has 0 aromatic carbocycles. The van der Waals surface area contributed by atoms with E-state index in [2.05, 4.69) is 43.0 Å². The molecule has 4 heteroatoms. The number of hydrogen-bond donors (Lipinski definition) is 1. The predicted molar refractivity (Wildman–Crippen MR) is 83.0 cm³/mol. The van der Waals surface area contributed by atoms with E-state index in [-0.39, 0.29) is 5.41 Å². The van der Waals surface area contributed by atoms with Crippen LogP contribution >= 0.6 is 0 Å². The fourth-order valence-electron chi connectivity index (χ4n) is 2.10. The lowest BCUT2D eigenvalue weighted by Crippen LogP contribution is -2.18. The van der Waals surface area contributed by atoms with Crippen LogP contribution in [0.2, 0.25) is 0 Å². The van der Waals surface area contributed by atoms with Gasteiger partial charge in [-0.2, -0.15) is 0 Å². The summed E-state index contributed by atoms with van der Waals surface area (Å²) in [4.78, 5) is 13.6. The van der Waals surface area contributed by atoms with Crippen molar-refractivity contribution in [3.05, 3.63) is 35.4 Å². The van der Waals surface area contributed by atoms with Gasteiger partial charge in [0.25, 0.3) is 0 Å². The summed E-state index contributed by atoms with van der Waals surface area (Å²) in [6, 6.07) is 2.01. The number of aryl methyl sites for hydroxylation is 1. The van der Waals surface area contributed by atoms with Crippen molar-refractivity contribution in [1.82, 2.24) is 15.0 Å². The Balaban J connectivity index is 2.72. The quantitative estimate of drug-likeness (QED) is 0.907. The molecule has 0 unspecified atom stereocenters. The first-order valence-corrected chi connectivity index (χ1v) is 6.82. The van der Waals surface area contributed by atoms with Crippen molar-refractivity contribution in [2.45, 2.75) is 40.0 Å². The van der Waals surface area contributed by atoms with Gasteiger partial charge in [-0.25, -0.2) is 9.97 Å². The highest BCUT2D eigenvalue weighted by molar-refractivity contribution is 5.70. The molecule has 0 saturated carbocycles. The van der Waals surface area contributed by atoms with Crippen LogP contribution in [-0.4, -0.2) is 22.0 Å². The second-order valence-electron chi connectivity index (χ2n) is 6.06. The van der Waals surface area contributed by atoms with Gasteiger partial charge in [0.1, 0.15) is 11.6 Å². The van der Waals surface area contributed by atoms with Gasteiger partial charge in [0, 0.05) is 36.0 Å². The van der Waals surface area contributed by atoms with Gasteiger partial charge in [0.05, 0.1) is 5.69 Å². The zero-order valence-electron chi connectivity index (χ0n) is 13.1. The molecule has 4 nitrogen and oxygen atoms in total. The summed E-state index contributed by atoms with van der Waals surface area (Å²) in [5.74, 6) is 1.73. The maximum Gasteiger partial charge on any atom is 0.136 e.